The highest BCUT2D eigenvalue weighted by Crippen LogP contribution is 2.23. The number of hydrogen-bond donors (Lipinski definition) is 0. The molecule has 0 bridgehead atoms. The van der Waals surface area contributed by atoms with Gasteiger partial charge in [0.2, 0.25) is 0 Å². The molecule has 2 aromatic rings. The molecule has 0 saturated carbocycles. The van der Waals surface area contributed by atoms with Crippen LogP contribution in [0, 0.1) is 3.57 Å². The van der Waals surface area contributed by atoms with E-state index < -0.39 is 0 Å². The Morgan fingerprint density at radius 2 is 2.10 bits per heavy atom. The van der Waals surface area contributed by atoms with Gasteiger partial charge in [-0.2, -0.15) is 11.3 Å². The van der Waals surface area contributed by atoms with Gasteiger partial charge in [-0.1, -0.05) is 12.1 Å². The molecule has 0 N–H and O–H groups in total. The van der Waals surface area contributed by atoms with E-state index in [4.69, 9.17) is 0 Å². The standard InChI is InChI=1S/C8H5IS/c9-8-3-1-2-6-4-10-5-7(6)8/h1-5H. The fourth-order valence-electron chi connectivity index (χ4n) is 0.956. The van der Waals surface area contributed by atoms with Gasteiger partial charge in [0.05, 0.1) is 0 Å². The van der Waals surface area contributed by atoms with E-state index in [1.54, 1.807) is 11.3 Å². The first kappa shape index (κ1) is 6.61. The zero-order valence-corrected chi connectivity index (χ0v) is 8.15. The van der Waals surface area contributed by atoms with Crippen LogP contribution in [0.2, 0.25) is 0 Å². The lowest BCUT2D eigenvalue weighted by molar-refractivity contribution is 1.78. The average Bonchev–Trinajstić information content (AvgIpc) is 2.36. The lowest BCUT2D eigenvalue weighted by atomic mass is 10.2. The zero-order chi connectivity index (χ0) is 6.97. The number of halogens is 1. The van der Waals surface area contributed by atoms with Crippen LogP contribution >= 0.6 is 33.9 Å². The van der Waals surface area contributed by atoms with E-state index in [0.29, 0.717) is 0 Å². The molecular formula is C8H5IS. The molecule has 0 nitrogen and oxygen atoms in total. The van der Waals surface area contributed by atoms with Crippen LogP contribution in [0.3, 0.4) is 0 Å². The van der Waals surface area contributed by atoms with Crippen LogP contribution in [0.4, 0.5) is 0 Å². The van der Waals surface area contributed by atoms with Crippen molar-refractivity contribution in [1.29, 1.82) is 0 Å². The van der Waals surface area contributed by atoms with Gasteiger partial charge in [-0.15, -0.1) is 0 Å². The summed E-state index contributed by atoms with van der Waals surface area (Å²) in [6, 6.07) is 6.38. The third kappa shape index (κ3) is 0.953. The van der Waals surface area contributed by atoms with E-state index in [0.717, 1.165) is 0 Å². The predicted molar refractivity (Wildman–Crippen MR) is 54.5 cm³/mol. The van der Waals surface area contributed by atoms with E-state index >= 15 is 0 Å². The van der Waals surface area contributed by atoms with Gasteiger partial charge in [0, 0.05) is 8.96 Å². The van der Waals surface area contributed by atoms with Crippen molar-refractivity contribution in [3.8, 4) is 0 Å². The molecule has 0 unspecified atom stereocenters. The Morgan fingerprint density at radius 3 is 2.90 bits per heavy atom. The van der Waals surface area contributed by atoms with Gasteiger partial charge in [-0.05, 0) is 44.8 Å². The molecule has 2 heteroatoms. The summed E-state index contributed by atoms with van der Waals surface area (Å²) < 4.78 is 1.34. The molecule has 50 valence electrons. The molecule has 2 rings (SSSR count). The van der Waals surface area contributed by atoms with Gasteiger partial charge in [-0.25, -0.2) is 0 Å². The van der Waals surface area contributed by atoms with E-state index in [2.05, 4.69) is 51.6 Å². The Bertz CT molecular complexity index is 351. The largest absolute Gasteiger partial charge is 0.151 e. The Balaban J connectivity index is 2.95. The van der Waals surface area contributed by atoms with E-state index in [-0.39, 0.29) is 0 Å². The zero-order valence-electron chi connectivity index (χ0n) is 5.17. The van der Waals surface area contributed by atoms with Crippen LogP contribution in [0.5, 0.6) is 0 Å². The maximum absolute atomic E-state index is 2.36. The molecule has 10 heavy (non-hydrogen) atoms. The lowest BCUT2D eigenvalue weighted by Crippen LogP contribution is -1.68. The monoisotopic (exact) mass is 260 g/mol. The molecule has 0 atom stereocenters. The highest BCUT2D eigenvalue weighted by atomic mass is 127. The minimum absolute atomic E-state index is 1.34. The Kier molecular flexibility index (Phi) is 1.66. The first-order chi connectivity index (χ1) is 4.88. The Labute approximate surface area is 77.0 Å². The molecule has 1 heterocycles. The van der Waals surface area contributed by atoms with Gasteiger partial charge >= 0.3 is 0 Å². The van der Waals surface area contributed by atoms with E-state index in [9.17, 15) is 0 Å². The molecule has 0 aliphatic heterocycles. The van der Waals surface area contributed by atoms with Gasteiger partial charge in [0.25, 0.3) is 0 Å². The van der Waals surface area contributed by atoms with Crippen LogP contribution < -0.4 is 0 Å². The first-order valence-corrected chi connectivity index (χ1v) is 5.00. The fourth-order valence-corrected chi connectivity index (χ4v) is 2.66. The number of fused-ring (bicyclic) bond motifs is 1. The molecule has 0 aliphatic carbocycles. The number of rotatable bonds is 0. The molecule has 1 aromatic heterocycles. The molecule has 0 aliphatic rings. The van der Waals surface area contributed by atoms with Crippen molar-refractivity contribution in [2.24, 2.45) is 0 Å². The third-order valence-corrected chi connectivity index (χ3v) is 3.17. The summed E-state index contributed by atoms with van der Waals surface area (Å²) in [6.07, 6.45) is 0. The summed E-state index contributed by atoms with van der Waals surface area (Å²) in [4.78, 5) is 0. The molecule has 0 fully saturated rings. The molecular weight excluding hydrogens is 255 g/mol. The second kappa shape index (κ2) is 2.51. The van der Waals surface area contributed by atoms with Crippen LogP contribution in [0.15, 0.2) is 29.0 Å². The van der Waals surface area contributed by atoms with Gasteiger partial charge in [0.15, 0.2) is 0 Å². The fraction of sp³-hybridized carbons (Fsp3) is 0. The molecule has 1 aromatic carbocycles. The minimum Gasteiger partial charge on any atom is -0.151 e. The summed E-state index contributed by atoms with van der Waals surface area (Å²) in [5, 5.41) is 7.11. The van der Waals surface area contributed by atoms with Crippen molar-refractivity contribution in [2.75, 3.05) is 0 Å². The van der Waals surface area contributed by atoms with Gasteiger partial charge < -0.3 is 0 Å². The third-order valence-electron chi connectivity index (χ3n) is 1.47. The van der Waals surface area contributed by atoms with Crippen molar-refractivity contribution >= 4 is 44.7 Å². The van der Waals surface area contributed by atoms with Crippen molar-refractivity contribution in [1.82, 2.24) is 0 Å². The Hall–Kier alpha value is -0.0900. The maximum atomic E-state index is 2.36. The second-order valence-corrected chi connectivity index (χ2v) is 4.02. The van der Waals surface area contributed by atoms with E-state index in [1.807, 2.05) is 0 Å². The number of hydrogen-bond acceptors (Lipinski definition) is 1. The summed E-state index contributed by atoms with van der Waals surface area (Å²) >= 11 is 4.12. The van der Waals surface area contributed by atoms with Crippen molar-refractivity contribution < 1.29 is 0 Å². The molecule has 0 amide bonds. The maximum Gasteiger partial charge on any atom is 0.0217 e. The second-order valence-electron chi connectivity index (χ2n) is 2.11. The highest BCUT2D eigenvalue weighted by molar-refractivity contribution is 14.1. The average molecular weight is 260 g/mol. The van der Waals surface area contributed by atoms with Gasteiger partial charge in [0.1, 0.15) is 0 Å². The summed E-state index contributed by atoms with van der Waals surface area (Å²) in [6.45, 7) is 0. The normalized spacial score (nSPS) is 10.5. The SMILES string of the molecule is Ic1cccc2cscc12. The van der Waals surface area contributed by atoms with E-state index in [1.165, 1.54) is 14.3 Å². The van der Waals surface area contributed by atoms with Crippen molar-refractivity contribution in [3.05, 3.63) is 32.5 Å². The topological polar surface area (TPSA) is 0 Å². The summed E-state index contributed by atoms with van der Waals surface area (Å²) in [5.41, 5.74) is 0. The Morgan fingerprint density at radius 1 is 1.20 bits per heavy atom. The predicted octanol–water partition coefficient (Wildman–Crippen LogP) is 3.51. The van der Waals surface area contributed by atoms with Crippen molar-refractivity contribution in [2.45, 2.75) is 0 Å². The van der Waals surface area contributed by atoms with Crippen LogP contribution in [-0.2, 0) is 0 Å². The minimum atomic E-state index is 1.34. The molecule has 0 saturated heterocycles. The first-order valence-electron chi connectivity index (χ1n) is 2.98. The molecule has 0 radical (unpaired) electrons. The van der Waals surface area contributed by atoms with Crippen LogP contribution in [-0.4, -0.2) is 0 Å². The smallest absolute Gasteiger partial charge is 0.0217 e. The highest BCUT2D eigenvalue weighted by Gasteiger charge is 1.95. The van der Waals surface area contributed by atoms with Gasteiger partial charge in [-0.3, -0.25) is 0 Å². The van der Waals surface area contributed by atoms with Crippen molar-refractivity contribution in [3.63, 3.8) is 0 Å². The summed E-state index contributed by atoms with van der Waals surface area (Å²) in [7, 11) is 0. The lowest BCUT2D eigenvalue weighted by Gasteiger charge is -1.90. The summed E-state index contributed by atoms with van der Waals surface area (Å²) in [5.74, 6) is 0. The molecule has 0 spiro atoms. The number of benzene rings is 1. The quantitative estimate of drug-likeness (QED) is 0.636. The number of thiophene rings is 1. The van der Waals surface area contributed by atoms with Crippen LogP contribution in [0.1, 0.15) is 0 Å². The van der Waals surface area contributed by atoms with Crippen LogP contribution in [0.25, 0.3) is 10.8 Å².